The molecule has 0 aliphatic carbocycles. The summed E-state index contributed by atoms with van der Waals surface area (Å²) >= 11 is 6.80. The Balaban J connectivity index is 2.20. The number of carbonyl (C=O) groups excluding carboxylic acids is 1. The van der Waals surface area contributed by atoms with Gasteiger partial charge in [-0.25, -0.2) is 0 Å². The van der Waals surface area contributed by atoms with Crippen molar-refractivity contribution < 1.29 is 4.79 Å². The average Bonchev–Trinajstić information content (AvgIpc) is 3.00. The van der Waals surface area contributed by atoms with Crippen molar-refractivity contribution in [3.05, 3.63) is 23.8 Å². The Hall–Kier alpha value is -1.27. The second-order valence-electron chi connectivity index (χ2n) is 5.16. The molecule has 1 aromatic rings. The normalized spacial score (nSPS) is 14.3. The van der Waals surface area contributed by atoms with Gasteiger partial charge in [0.05, 0.1) is 6.54 Å². The van der Waals surface area contributed by atoms with Crippen LogP contribution in [0.2, 0.25) is 0 Å². The topological polar surface area (TPSA) is 49.6 Å². The molecule has 1 fully saturated rings. The first-order chi connectivity index (χ1) is 10.0. The molecule has 0 bridgehead atoms. The van der Waals surface area contributed by atoms with Gasteiger partial charge in [-0.05, 0) is 31.2 Å². The first-order valence-corrected chi connectivity index (χ1v) is 8.63. The molecule has 6 heteroatoms. The number of thiocarbonyl (C=S) groups is 1. The lowest BCUT2D eigenvalue weighted by Gasteiger charge is -2.25. The van der Waals surface area contributed by atoms with Crippen LogP contribution in [0.3, 0.4) is 0 Å². The number of hydrogen-bond acceptors (Lipinski definition) is 4. The lowest BCUT2D eigenvalue weighted by atomic mass is 10.1. The number of likely N-dealkylation sites (N-methyl/N-ethyl adjacent to an activating group) is 1. The van der Waals surface area contributed by atoms with E-state index in [-0.39, 0.29) is 5.91 Å². The summed E-state index contributed by atoms with van der Waals surface area (Å²) in [5.41, 5.74) is 7.65. The second kappa shape index (κ2) is 7.13. The van der Waals surface area contributed by atoms with Crippen molar-refractivity contribution in [1.29, 1.82) is 0 Å². The lowest BCUT2D eigenvalue weighted by molar-refractivity contribution is -0.128. The zero-order chi connectivity index (χ0) is 15.4. The molecule has 0 unspecified atom stereocenters. The highest BCUT2D eigenvalue weighted by atomic mass is 32.2. The minimum atomic E-state index is 0.165. The van der Waals surface area contributed by atoms with Crippen molar-refractivity contribution in [1.82, 2.24) is 4.90 Å². The van der Waals surface area contributed by atoms with E-state index in [1.54, 1.807) is 11.8 Å². The molecule has 1 aliphatic rings. The number of benzene rings is 1. The molecular weight excluding hydrogens is 302 g/mol. The SMILES string of the molecule is CSc1cccc(N(C)CC(=O)N2CCCC2)c1C(N)=S. The highest BCUT2D eigenvalue weighted by Gasteiger charge is 2.21. The number of rotatable bonds is 5. The minimum absolute atomic E-state index is 0.165. The Morgan fingerprint density at radius 3 is 2.67 bits per heavy atom. The van der Waals surface area contributed by atoms with Gasteiger partial charge in [0.1, 0.15) is 4.99 Å². The van der Waals surface area contributed by atoms with Crippen molar-refractivity contribution in [2.24, 2.45) is 5.73 Å². The van der Waals surface area contributed by atoms with E-state index in [4.69, 9.17) is 18.0 Å². The van der Waals surface area contributed by atoms with Crippen LogP contribution in [-0.4, -0.2) is 48.7 Å². The summed E-state index contributed by atoms with van der Waals surface area (Å²) in [4.78, 5) is 17.6. The molecule has 0 saturated carbocycles. The third kappa shape index (κ3) is 3.68. The van der Waals surface area contributed by atoms with Crippen molar-refractivity contribution in [3.63, 3.8) is 0 Å². The van der Waals surface area contributed by atoms with E-state index in [9.17, 15) is 4.79 Å². The van der Waals surface area contributed by atoms with Gasteiger partial charge < -0.3 is 15.5 Å². The van der Waals surface area contributed by atoms with Gasteiger partial charge in [-0.2, -0.15) is 0 Å². The van der Waals surface area contributed by atoms with Crippen LogP contribution in [0, 0.1) is 0 Å². The van der Waals surface area contributed by atoms with E-state index in [1.807, 2.05) is 41.3 Å². The van der Waals surface area contributed by atoms with Crippen LogP contribution in [0.1, 0.15) is 18.4 Å². The van der Waals surface area contributed by atoms with E-state index in [0.29, 0.717) is 11.5 Å². The maximum Gasteiger partial charge on any atom is 0.242 e. The van der Waals surface area contributed by atoms with Gasteiger partial charge >= 0.3 is 0 Å². The van der Waals surface area contributed by atoms with E-state index in [1.165, 1.54) is 0 Å². The van der Waals surface area contributed by atoms with Crippen molar-refractivity contribution >= 4 is 40.6 Å². The third-order valence-corrected chi connectivity index (χ3v) is 4.70. The van der Waals surface area contributed by atoms with Gasteiger partial charge in [0.25, 0.3) is 0 Å². The Kier molecular flexibility index (Phi) is 5.47. The van der Waals surface area contributed by atoms with Gasteiger partial charge in [0, 0.05) is 36.3 Å². The summed E-state index contributed by atoms with van der Waals surface area (Å²) in [6.45, 7) is 2.10. The summed E-state index contributed by atoms with van der Waals surface area (Å²) in [7, 11) is 1.91. The Morgan fingerprint density at radius 1 is 1.43 bits per heavy atom. The highest BCUT2D eigenvalue weighted by Crippen LogP contribution is 2.29. The van der Waals surface area contributed by atoms with Gasteiger partial charge in [-0.1, -0.05) is 18.3 Å². The predicted molar refractivity (Wildman–Crippen MR) is 93.2 cm³/mol. The summed E-state index contributed by atoms with van der Waals surface area (Å²) < 4.78 is 0. The molecule has 4 nitrogen and oxygen atoms in total. The molecule has 0 radical (unpaired) electrons. The fourth-order valence-corrected chi connectivity index (χ4v) is 3.52. The first kappa shape index (κ1) is 16.1. The van der Waals surface area contributed by atoms with Crippen LogP contribution in [0.5, 0.6) is 0 Å². The third-order valence-electron chi connectivity index (χ3n) is 3.71. The number of nitrogens with two attached hydrogens (primary N) is 1. The standard InChI is InChI=1S/C15H21N3OS2/c1-17(10-13(19)18-8-3-4-9-18)11-6-5-7-12(21-2)14(11)15(16)20/h5-7H,3-4,8-10H2,1-2H3,(H2,16,20). The molecule has 21 heavy (non-hydrogen) atoms. The molecule has 2 N–H and O–H groups in total. The zero-order valence-corrected chi connectivity index (χ0v) is 14.1. The van der Waals surface area contributed by atoms with Gasteiger partial charge in [-0.15, -0.1) is 11.8 Å². The smallest absolute Gasteiger partial charge is 0.242 e. The number of likely N-dealkylation sites (tertiary alicyclic amines) is 1. The van der Waals surface area contributed by atoms with Gasteiger partial charge in [0.15, 0.2) is 0 Å². The van der Waals surface area contributed by atoms with Crippen LogP contribution < -0.4 is 10.6 Å². The molecule has 1 heterocycles. The van der Waals surface area contributed by atoms with E-state index in [2.05, 4.69) is 0 Å². The molecule has 0 aromatic heterocycles. The van der Waals surface area contributed by atoms with E-state index in [0.717, 1.165) is 42.1 Å². The van der Waals surface area contributed by atoms with Crippen LogP contribution in [-0.2, 0) is 4.79 Å². The molecule has 1 amide bonds. The molecule has 1 aromatic carbocycles. The zero-order valence-electron chi connectivity index (χ0n) is 12.5. The number of thioether (sulfide) groups is 1. The maximum atomic E-state index is 12.3. The summed E-state index contributed by atoms with van der Waals surface area (Å²) in [6, 6.07) is 5.93. The fraction of sp³-hybridized carbons (Fsp3) is 0.467. The van der Waals surface area contributed by atoms with Crippen LogP contribution in [0.15, 0.2) is 23.1 Å². The molecule has 0 spiro atoms. The molecular formula is C15H21N3OS2. The average molecular weight is 323 g/mol. The maximum absolute atomic E-state index is 12.3. The van der Waals surface area contributed by atoms with Gasteiger partial charge in [0.2, 0.25) is 5.91 Å². The number of carbonyl (C=O) groups is 1. The Morgan fingerprint density at radius 2 is 2.10 bits per heavy atom. The minimum Gasteiger partial charge on any atom is -0.389 e. The van der Waals surface area contributed by atoms with Gasteiger partial charge in [-0.3, -0.25) is 4.79 Å². The summed E-state index contributed by atoms with van der Waals surface area (Å²) in [5, 5.41) is 0. The monoisotopic (exact) mass is 323 g/mol. The van der Waals surface area contributed by atoms with Crippen LogP contribution in [0.4, 0.5) is 5.69 Å². The molecule has 1 aliphatic heterocycles. The van der Waals surface area contributed by atoms with Crippen LogP contribution >= 0.6 is 24.0 Å². The molecule has 2 rings (SSSR count). The summed E-state index contributed by atoms with van der Waals surface area (Å²) in [6.07, 6.45) is 4.21. The number of anilines is 1. The second-order valence-corrected chi connectivity index (χ2v) is 6.45. The first-order valence-electron chi connectivity index (χ1n) is 7.00. The van der Waals surface area contributed by atoms with E-state index < -0.39 is 0 Å². The fourth-order valence-electron chi connectivity index (χ4n) is 2.61. The largest absolute Gasteiger partial charge is 0.389 e. The van der Waals surface area contributed by atoms with E-state index >= 15 is 0 Å². The Bertz CT molecular complexity index is 542. The quantitative estimate of drug-likeness (QED) is 0.664. The van der Waals surface area contributed by atoms with Crippen LogP contribution in [0.25, 0.3) is 0 Å². The molecule has 0 atom stereocenters. The molecule has 114 valence electrons. The Labute approximate surface area is 135 Å². The van der Waals surface area contributed by atoms with Crippen molar-refractivity contribution in [3.8, 4) is 0 Å². The number of amides is 1. The highest BCUT2D eigenvalue weighted by molar-refractivity contribution is 7.98. The summed E-state index contributed by atoms with van der Waals surface area (Å²) in [5.74, 6) is 0.165. The molecule has 1 saturated heterocycles. The van der Waals surface area contributed by atoms with Crippen molar-refractivity contribution in [2.75, 3.05) is 37.8 Å². The number of hydrogen-bond donors (Lipinski definition) is 1. The van der Waals surface area contributed by atoms with Crippen molar-refractivity contribution in [2.45, 2.75) is 17.7 Å². The lowest BCUT2D eigenvalue weighted by Crippen LogP contribution is -2.38. The number of nitrogens with zero attached hydrogens (tertiary/aromatic N) is 2. The predicted octanol–water partition coefficient (Wildman–Crippen LogP) is 2.10.